The standard InChI is InChI=1S/C12H17NO3S/c1-15-12(14)10(11-3-2-8-17-11)9-13-4-6-16-7-5-13/h2-3,8,10H,4-7,9H2,1H3. The summed E-state index contributed by atoms with van der Waals surface area (Å²) >= 11 is 1.60. The molecule has 0 amide bonds. The number of hydrogen-bond acceptors (Lipinski definition) is 5. The molecule has 1 aliphatic rings. The van der Waals surface area contributed by atoms with E-state index in [0.717, 1.165) is 37.7 Å². The third-order valence-corrected chi connectivity index (χ3v) is 3.90. The molecule has 1 unspecified atom stereocenters. The van der Waals surface area contributed by atoms with Gasteiger partial charge in [-0.25, -0.2) is 0 Å². The van der Waals surface area contributed by atoms with Crippen molar-refractivity contribution in [2.75, 3.05) is 40.0 Å². The molecule has 4 nitrogen and oxygen atoms in total. The normalized spacial score (nSPS) is 18.9. The smallest absolute Gasteiger partial charge is 0.315 e. The molecule has 1 aromatic heterocycles. The van der Waals surface area contributed by atoms with E-state index in [1.165, 1.54) is 7.11 Å². The van der Waals surface area contributed by atoms with Crippen molar-refractivity contribution in [3.05, 3.63) is 22.4 Å². The molecule has 5 heteroatoms. The highest BCUT2D eigenvalue weighted by Gasteiger charge is 2.25. The van der Waals surface area contributed by atoms with E-state index in [2.05, 4.69) is 4.90 Å². The highest BCUT2D eigenvalue weighted by molar-refractivity contribution is 7.10. The molecule has 0 bridgehead atoms. The largest absolute Gasteiger partial charge is 0.468 e. The van der Waals surface area contributed by atoms with Gasteiger partial charge in [-0.2, -0.15) is 0 Å². The molecule has 0 N–H and O–H groups in total. The van der Waals surface area contributed by atoms with Crippen molar-refractivity contribution < 1.29 is 14.3 Å². The number of thiophene rings is 1. The number of carbonyl (C=O) groups is 1. The predicted molar refractivity (Wildman–Crippen MR) is 66.3 cm³/mol. The van der Waals surface area contributed by atoms with E-state index in [-0.39, 0.29) is 11.9 Å². The lowest BCUT2D eigenvalue weighted by Gasteiger charge is -2.29. The maximum atomic E-state index is 11.8. The van der Waals surface area contributed by atoms with E-state index in [1.54, 1.807) is 11.3 Å². The predicted octanol–water partition coefficient (Wildman–Crippen LogP) is 1.34. The van der Waals surface area contributed by atoms with Gasteiger partial charge in [0.15, 0.2) is 0 Å². The Labute approximate surface area is 105 Å². The Hall–Kier alpha value is -0.910. The van der Waals surface area contributed by atoms with Crippen molar-refractivity contribution in [3.8, 4) is 0 Å². The Morgan fingerprint density at radius 1 is 1.59 bits per heavy atom. The molecule has 1 aromatic rings. The lowest BCUT2D eigenvalue weighted by Crippen LogP contribution is -2.40. The van der Waals surface area contributed by atoms with E-state index in [9.17, 15) is 4.79 Å². The number of methoxy groups -OCH3 is 1. The van der Waals surface area contributed by atoms with Crippen LogP contribution in [0.15, 0.2) is 17.5 Å². The Balaban J connectivity index is 2.02. The van der Waals surface area contributed by atoms with E-state index in [4.69, 9.17) is 9.47 Å². The van der Waals surface area contributed by atoms with Crippen molar-refractivity contribution in [1.29, 1.82) is 0 Å². The second-order valence-corrected chi connectivity index (χ2v) is 4.98. The minimum atomic E-state index is -0.168. The lowest BCUT2D eigenvalue weighted by atomic mass is 10.1. The van der Waals surface area contributed by atoms with Gasteiger partial charge in [-0.15, -0.1) is 11.3 Å². The third-order valence-electron chi connectivity index (χ3n) is 2.92. The molecule has 1 aliphatic heterocycles. The van der Waals surface area contributed by atoms with Gasteiger partial charge in [0.05, 0.1) is 20.3 Å². The SMILES string of the molecule is COC(=O)C(CN1CCOCC1)c1cccs1. The van der Waals surface area contributed by atoms with Crippen LogP contribution in [-0.4, -0.2) is 50.8 Å². The lowest BCUT2D eigenvalue weighted by molar-refractivity contribution is -0.143. The van der Waals surface area contributed by atoms with E-state index < -0.39 is 0 Å². The van der Waals surface area contributed by atoms with Crippen LogP contribution in [0.4, 0.5) is 0 Å². The summed E-state index contributed by atoms with van der Waals surface area (Å²) in [5.41, 5.74) is 0. The summed E-state index contributed by atoms with van der Waals surface area (Å²) in [4.78, 5) is 15.1. The summed E-state index contributed by atoms with van der Waals surface area (Å²) in [6.45, 7) is 3.99. The van der Waals surface area contributed by atoms with Crippen LogP contribution in [0.25, 0.3) is 0 Å². The summed E-state index contributed by atoms with van der Waals surface area (Å²) in [5.74, 6) is -0.322. The fraction of sp³-hybridized carbons (Fsp3) is 0.583. The first-order valence-corrected chi connectivity index (χ1v) is 6.60. The number of ether oxygens (including phenoxy) is 2. The van der Waals surface area contributed by atoms with Crippen molar-refractivity contribution in [1.82, 2.24) is 4.90 Å². The number of rotatable bonds is 4. The number of morpholine rings is 1. The molecule has 1 atom stereocenters. The monoisotopic (exact) mass is 255 g/mol. The molecule has 17 heavy (non-hydrogen) atoms. The van der Waals surface area contributed by atoms with Gasteiger partial charge in [0.2, 0.25) is 0 Å². The number of nitrogens with zero attached hydrogens (tertiary/aromatic N) is 1. The second kappa shape index (κ2) is 6.14. The van der Waals surface area contributed by atoms with Crippen LogP contribution in [0, 0.1) is 0 Å². The molecule has 0 radical (unpaired) electrons. The Morgan fingerprint density at radius 3 is 2.94 bits per heavy atom. The van der Waals surface area contributed by atoms with Crippen LogP contribution in [-0.2, 0) is 14.3 Å². The summed E-state index contributed by atoms with van der Waals surface area (Å²) in [5, 5.41) is 1.99. The summed E-state index contributed by atoms with van der Waals surface area (Å²) in [6.07, 6.45) is 0. The molecule has 0 saturated carbocycles. The van der Waals surface area contributed by atoms with Gasteiger partial charge in [0, 0.05) is 24.5 Å². The zero-order valence-electron chi connectivity index (χ0n) is 9.93. The molecule has 0 aromatic carbocycles. The molecule has 1 saturated heterocycles. The molecule has 2 rings (SSSR count). The van der Waals surface area contributed by atoms with Gasteiger partial charge < -0.3 is 9.47 Å². The topological polar surface area (TPSA) is 38.8 Å². The molecule has 2 heterocycles. The van der Waals surface area contributed by atoms with Gasteiger partial charge in [0.25, 0.3) is 0 Å². The number of hydrogen-bond donors (Lipinski definition) is 0. The quantitative estimate of drug-likeness (QED) is 0.761. The Bertz CT molecular complexity index is 347. The van der Waals surface area contributed by atoms with Gasteiger partial charge in [-0.3, -0.25) is 9.69 Å². The molecule has 0 spiro atoms. The highest BCUT2D eigenvalue weighted by atomic mass is 32.1. The van der Waals surface area contributed by atoms with Crippen molar-refractivity contribution >= 4 is 17.3 Å². The van der Waals surface area contributed by atoms with Crippen LogP contribution in [0.3, 0.4) is 0 Å². The average molecular weight is 255 g/mol. The zero-order chi connectivity index (χ0) is 12.1. The number of carbonyl (C=O) groups excluding carboxylic acids is 1. The average Bonchev–Trinajstić information content (AvgIpc) is 2.90. The molecular weight excluding hydrogens is 238 g/mol. The maximum Gasteiger partial charge on any atom is 0.315 e. The van der Waals surface area contributed by atoms with Crippen molar-refractivity contribution in [3.63, 3.8) is 0 Å². The molecular formula is C12H17NO3S. The summed E-state index contributed by atoms with van der Waals surface area (Å²) in [6, 6.07) is 3.96. The van der Waals surface area contributed by atoms with Crippen LogP contribution in [0.1, 0.15) is 10.8 Å². The van der Waals surface area contributed by atoms with Gasteiger partial charge >= 0.3 is 5.97 Å². The fourth-order valence-electron chi connectivity index (χ4n) is 1.95. The van der Waals surface area contributed by atoms with Crippen molar-refractivity contribution in [2.24, 2.45) is 0 Å². The minimum absolute atomic E-state index is 0.154. The van der Waals surface area contributed by atoms with E-state index in [1.807, 2.05) is 17.5 Å². The van der Waals surface area contributed by atoms with Crippen LogP contribution in [0.5, 0.6) is 0 Å². The fourth-order valence-corrected chi connectivity index (χ4v) is 2.76. The van der Waals surface area contributed by atoms with Gasteiger partial charge in [-0.05, 0) is 11.4 Å². The first-order chi connectivity index (χ1) is 8.31. The van der Waals surface area contributed by atoms with Crippen LogP contribution < -0.4 is 0 Å². The minimum Gasteiger partial charge on any atom is -0.468 e. The maximum absolute atomic E-state index is 11.8. The summed E-state index contributed by atoms with van der Waals surface area (Å²) < 4.78 is 10.2. The van der Waals surface area contributed by atoms with Crippen LogP contribution in [0.2, 0.25) is 0 Å². The highest BCUT2D eigenvalue weighted by Crippen LogP contribution is 2.24. The van der Waals surface area contributed by atoms with Gasteiger partial charge in [-0.1, -0.05) is 6.07 Å². The van der Waals surface area contributed by atoms with E-state index in [0.29, 0.717) is 0 Å². The van der Waals surface area contributed by atoms with Crippen LogP contribution >= 0.6 is 11.3 Å². The zero-order valence-corrected chi connectivity index (χ0v) is 10.7. The first-order valence-electron chi connectivity index (χ1n) is 5.72. The molecule has 94 valence electrons. The molecule has 1 fully saturated rings. The Kier molecular flexibility index (Phi) is 4.53. The van der Waals surface area contributed by atoms with E-state index >= 15 is 0 Å². The first kappa shape index (κ1) is 12.5. The van der Waals surface area contributed by atoms with Crippen molar-refractivity contribution in [2.45, 2.75) is 5.92 Å². The Morgan fingerprint density at radius 2 is 2.35 bits per heavy atom. The molecule has 0 aliphatic carbocycles. The second-order valence-electron chi connectivity index (χ2n) is 4.00. The van der Waals surface area contributed by atoms with Gasteiger partial charge in [0.1, 0.15) is 5.92 Å². The third kappa shape index (κ3) is 3.28. The summed E-state index contributed by atoms with van der Waals surface area (Å²) in [7, 11) is 1.45. The number of esters is 1.